The summed E-state index contributed by atoms with van der Waals surface area (Å²) in [7, 11) is 0. The molecule has 0 aliphatic rings. The van der Waals surface area contributed by atoms with E-state index in [1.54, 1.807) is 6.20 Å². The average molecular weight is 500 g/mol. The van der Waals surface area contributed by atoms with E-state index in [1.807, 2.05) is 13.8 Å². The lowest BCUT2D eigenvalue weighted by molar-refractivity contribution is -0.141. The summed E-state index contributed by atoms with van der Waals surface area (Å²) in [6.45, 7) is 4.17. The van der Waals surface area contributed by atoms with Gasteiger partial charge in [0.25, 0.3) is 0 Å². The Kier molecular flexibility index (Phi) is 13.2. The topological polar surface area (TPSA) is 205 Å². The van der Waals surface area contributed by atoms with E-state index in [2.05, 4.69) is 38.5 Å². The summed E-state index contributed by atoms with van der Waals surface area (Å²) in [6, 6.07) is -4.02. The number of thiol groups is 1. The highest BCUT2D eigenvalue weighted by atomic mass is 32.1. The summed E-state index contributed by atoms with van der Waals surface area (Å²) in [6.07, 6.45) is 5.05. The Balaban J connectivity index is 2.91. The van der Waals surface area contributed by atoms with Gasteiger partial charge >= 0.3 is 5.97 Å². The van der Waals surface area contributed by atoms with Crippen LogP contribution in [0.3, 0.4) is 0 Å². The van der Waals surface area contributed by atoms with Crippen molar-refractivity contribution in [1.82, 2.24) is 25.9 Å². The second-order valence-corrected chi connectivity index (χ2v) is 8.87. The van der Waals surface area contributed by atoms with E-state index in [0.717, 1.165) is 0 Å². The lowest BCUT2D eigenvalue weighted by Gasteiger charge is -2.26. The number of nitrogens with two attached hydrogens (primary N) is 2. The normalized spacial score (nSPS) is 14.6. The zero-order valence-electron chi connectivity index (χ0n) is 19.6. The third-order valence-corrected chi connectivity index (χ3v) is 5.41. The fraction of sp³-hybridized carbons (Fsp3) is 0.667. The van der Waals surface area contributed by atoms with E-state index in [0.29, 0.717) is 31.5 Å². The molecule has 4 atom stereocenters. The maximum absolute atomic E-state index is 13.1. The zero-order chi connectivity index (χ0) is 25.7. The fourth-order valence-electron chi connectivity index (χ4n) is 3.20. The molecule has 192 valence electrons. The van der Waals surface area contributed by atoms with Gasteiger partial charge in [-0.25, -0.2) is 9.78 Å². The summed E-state index contributed by atoms with van der Waals surface area (Å²) < 4.78 is 0. The van der Waals surface area contributed by atoms with E-state index < -0.39 is 47.9 Å². The standard InChI is InChI=1S/C21H37N7O5S/c1-12(2)7-16(20(31)28-17(10-34)21(32)33)27-19(30)15(5-3-4-6-22)26-18(29)14(23)8-13-9-24-11-25-13/h9,11-12,14-17,34H,3-8,10,22-23H2,1-2H3,(H,24,25)(H,26,29)(H,27,30)(H,28,31)(H,32,33). The number of nitrogens with zero attached hydrogens (tertiary/aromatic N) is 1. The van der Waals surface area contributed by atoms with Crippen molar-refractivity contribution >= 4 is 36.3 Å². The van der Waals surface area contributed by atoms with E-state index in [9.17, 15) is 24.3 Å². The summed E-state index contributed by atoms with van der Waals surface area (Å²) in [5.41, 5.74) is 12.2. The van der Waals surface area contributed by atoms with Crippen LogP contribution in [0.25, 0.3) is 0 Å². The Labute approximate surface area is 204 Å². The van der Waals surface area contributed by atoms with Crippen LogP contribution in [-0.4, -0.2) is 75.2 Å². The monoisotopic (exact) mass is 499 g/mol. The largest absolute Gasteiger partial charge is 0.480 e. The number of hydrogen-bond acceptors (Lipinski definition) is 8. The van der Waals surface area contributed by atoms with Crippen molar-refractivity contribution in [3.63, 3.8) is 0 Å². The molecule has 12 nitrogen and oxygen atoms in total. The highest BCUT2D eigenvalue weighted by molar-refractivity contribution is 7.80. The molecule has 0 aliphatic heterocycles. The molecule has 9 N–H and O–H groups in total. The third-order valence-electron chi connectivity index (χ3n) is 5.05. The van der Waals surface area contributed by atoms with Crippen molar-refractivity contribution < 1.29 is 24.3 Å². The predicted octanol–water partition coefficient (Wildman–Crippen LogP) is -1.08. The molecule has 34 heavy (non-hydrogen) atoms. The number of aromatic amines is 1. The van der Waals surface area contributed by atoms with Gasteiger partial charge in [-0.3, -0.25) is 14.4 Å². The molecule has 0 aromatic carbocycles. The van der Waals surface area contributed by atoms with Crippen LogP contribution in [0.4, 0.5) is 0 Å². The molecule has 0 bridgehead atoms. The number of carboxylic acid groups (broad SMARTS) is 1. The van der Waals surface area contributed by atoms with Crippen LogP contribution in [0.5, 0.6) is 0 Å². The SMILES string of the molecule is CC(C)CC(NC(=O)C(CCCCN)NC(=O)C(N)Cc1cnc[nH]1)C(=O)NC(CS)C(=O)O. The Bertz CT molecular complexity index is 790. The first kappa shape index (κ1) is 29.4. The minimum absolute atomic E-state index is 0.0310. The molecular formula is C21H37N7O5S. The molecule has 1 aromatic heterocycles. The maximum Gasteiger partial charge on any atom is 0.327 e. The van der Waals surface area contributed by atoms with Crippen molar-refractivity contribution in [2.45, 2.75) is 70.1 Å². The number of aliphatic carboxylic acids is 1. The van der Waals surface area contributed by atoms with Crippen LogP contribution in [0.1, 0.15) is 45.2 Å². The number of aromatic nitrogens is 2. The smallest absolute Gasteiger partial charge is 0.327 e. The number of rotatable bonds is 16. The summed E-state index contributed by atoms with van der Waals surface area (Å²) >= 11 is 3.95. The number of carbonyl (C=O) groups is 4. The molecule has 0 saturated heterocycles. The highest BCUT2D eigenvalue weighted by Gasteiger charge is 2.30. The van der Waals surface area contributed by atoms with Gasteiger partial charge in [-0.15, -0.1) is 0 Å². The molecule has 1 heterocycles. The van der Waals surface area contributed by atoms with Gasteiger partial charge in [-0.2, -0.15) is 12.6 Å². The number of imidazole rings is 1. The lowest BCUT2D eigenvalue weighted by atomic mass is 10.0. The second-order valence-electron chi connectivity index (χ2n) is 8.51. The van der Waals surface area contributed by atoms with Crippen molar-refractivity contribution in [2.75, 3.05) is 12.3 Å². The van der Waals surface area contributed by atoms with Crippen LogP contribution in [0, 0.1) is 5.92 Å². The van der Waals surface area contributed by atoms with E-state index in [-0.39, 0.29) is 24.5 Å². The van der Waals surface area contributed by atoms with Crippen LogP contribution < -0.4 is 27.4 Å². The summed E-state index contributed by atoms with van der Waals surface area (Å²) in [5, 5.41) is 16.9. The first-order chi connectivity index (χ1) is 16.1. The third kappa shape index (κ3) is 10.5. The predicted molar refractivity (Wildman–Crippen MR) is 130 cm³/mol. The molecule has 4 unspecified atom stereocenters. The van der Waals surface area contributed by atoms with Gasteiger partial charge in [0.2, 0.25) is 17.7 Å². The van der Waals surface area contributed by atoms with E-state index >= 15 is 0 Å². The highest BCUT2D eigenvalue weighted by Crippen LogP contribution is 2.09. The molecule has 1 aromatic rings. The molecule has 0 spiro atoms. The summed E-state index contributed by atoms with van der Waals surface area (Å²) in [4.78, 5) is 56.5. The van der Waals surface area contributed by atoms with Gasteiger partial charge < -0.3 is 37.5 Å². The van der Waals surface area contributed by atoms with Gasteiger partial charge in [0.1, 0.15) is 18.1 Å². The Morgan fingerprint density at radius 3 is 2.21 bits per heavy atom. The van der Waals surface area contributed by atoms with Crippen molar-refractivity contribution in [1.29, 1.82) is 0 Å². The van der Waals surface area contributed by atoms with Crippen LogP contribution in [-0.2, 0) is 25.6 Å². The number of amides is 3. The number of H-pyrrole nitrogens is 1. The van der Waals surface area contributed by atoms with Gasteiger partial charge in [-0.05, 0) is 38.1 Å². The van der Waals surface area contributed by atoms with Gasteiger partial charge in [0.05, 0.1) is 12.4 Å². The zero-order valence-corrected chi connectivity index (χ0v) is 20.5. The molecule has 0 fully saturated rings. The van der Waals surface area contributed by atoms with Gasteiger partial charge in [-0.1, -0.05) is 13.8 Å². The van der Waals surface area contributed by atoms with Crippen molar-refractivity contribution in [3.05, 3.63) is 18.2 Å². The van der Waals surface area contributed by atoms with E-state index in [4.69, 9.17) is 11.5 Å². The quantitative estimate of drug-likeness (QED) is 0.103. The van der Waals surface area contributed by atoms with E-state index in [1.165, 1.54) is 6.33 Å². The lowest BCUT2D eigenvalue weighted by Crippen LogP contribution is -2.57. The first-order valence-electron chi connectivity index (χ1n) is 11.3. The number of nitrogens with one attached hydrogen (secondary N) is 4. The van der Waals surface area contributed by atoms with Crippen molar-refractivity contribution in [3.8, 4) is 0 Å². The van der Waals surface area contributed by atoms with Crippen LogP contribution in [0.15, 0.2) is 12.5 Å². The van der Waals surface area contributed by atoms with Gasteiger partial charge in [0.15, 0.2) is 0 Å². The summed E-state index contributed by atoms with van der Waals surface area (Å²) in [5.74, 6) is -3.01. The minimum Gasteiger partial charge on any atom is -0.480 e. The molecule has 0 aliphatic carbocycles. The number of carbonyl (C=O) groups excluding carboxylic acids is 3. The maximum atomic E-state index is 13.1. The number of unbranched alkanes of at least 4 members (excludes halogenated alkanes) is 1. The molecule has 0 saturated carbocycles. The Morgan fingerprint density at radius 1 is 1.06 bits per heavy atom. The molecular weight excluding hydrogens is 462 g/mol. The minimum atomic E-state index is -1.23. The van der Waals surface area contributed by atoms with Gasteiger partial charge in [0, 0.05) is 24.1 Å². The molecule has 3 amide bonds. The first-order valence-corrected chi connectivity index (χ1v) is 11.9. The van der Waals surface area contributed by atoms with Crippen LogP contribution >= 0.6 is 12.6 Å². The number of carboxylic acids is 1. The Morgan fingerprint density at radius 2 is 1.68 bits per heavy atom. The fourth-order valence-corrected chi connectivity index (χ4v) is 3.45. The number of hydrogen-bond donors (Lipinski definition) is 8. The second kappa shape index (κ2) is 15.3. The van der Waals surface area contributed by atoms with Crippen molar-refractivity contribution in [2.24, 2.45) is 17.4 Å². The molecule has 0 radical (unpaired) electrons. The molecule has 1 rings (SSSR count). The molecule has 13 heteroatoms. The van der Waals surface area contributed by atoms with Crippen LogP contribution in [0.2, 0.25) is 0 Å². The average Bonchev–Trinajstić information content (AvgIpc) is 3.28. The Hall–Kier alpha value is -2.64.